The van der Waals surface area contributed by atoms with Crippen LogP contribution in [0.3, 0.4) is 0 Å². The number of aromatic nitrogens is 1. The normalized spacial score (nSPS) is 26.3. The van der Waals surface area contributed by atoms with Gasteiger partial charge in [0.05, 0.1) is 0 Å². The molecule has 3 rings (SSSR count). The topological polar surface area (TPSA) is 50.9 Å². The Balaban J connectivity index is 1.82. The van der Waals surface area contributed by atoms with Crippen molar-refractivity contribution < 1.29 is 0 Å². The Morgan fingerprint density at radius 2 is 2.28 bits per heavy atom. The fourth-order valence-electron chi connectivity index (χ4n) is 3.33. The Morgan fingerprint density at radius 1 is 1.39 bits per heavy atom. The number of nitrogens with zero attached hydrogens (tertiary/aromatic N) is 1. The van der Waals surface area contributed by atoms with Gasteiger partial charge in [-0.1, -0.05) is 6.92 Å². The molecule has 1 aromatic heterocycles. The van der Waals surface area contributed by atoms with Gasteiger partial charge in [0.1, 0.15) is 5.82 Å². The molecule has 1 heterocycles. The molecule has 98 valence electrons. The summed E-state index contributed by atoms with van der Waals surface area (Å²) in [5.41, 5.74) is 9.77. The van der Waals surface area contributed by atoms with Crippen LogP contribution < -0.4 is 11.1 Å². The number of rotatable bonds is 3. The molecule has 3 heteroatoms. The monoisotopic (exact) mass is 245 g/mol. The molecule has 1 aromatic rings. The maximum Gasteiger partial charge on any atom is 0.130 e. The van der Waals surface area contributed by atoms with E-state index in [0.717, 1.165) is 18.2 Å². The van der Waals surface area contributed by atoms with E-state index in [-0.39, 0.29) is 0 Å². The van der Waals surface area contributed by atoms with Crippen LogP contribution >= 0.6 is 0 Å². The molecule has 0 amide bonds. The number of fused-ring (bicyclic) bond motifs is 1. The third-order valence-corrected chi connectivity index (χ3v) is 4.39. The van der Waals surface area contributed by atoms with Crippen molar-refractivity contribution in [2.24, 2.45) is 11.7 Å². The lowest BCUT2D eigenvalue weighted by Gasteiger charge is -2.17. The molecular formula is C15H23N3. The van der Waals surface area contributed by atoms with Crippen LogP contribution in [0.15, 0.2) is 6.07 Å². The second-order valence-corrected chi connectivity index (χ2v) is 5.92. The average molecular weight is 245 g/mol. The maximum atomic E-state index is 5.87. The fraction of sp³-hybridized carbons (Fsp3) is 0.667. The highest BCUT2D eigenvalue weighted by molar-refractivity contribution is 5.49. The van der Waals surface area contributed by atoms with Crippen molar-refractivity contribution in [3.05, 3.63) is 22.9 Å². The van der Waals surface area contributed by atoms with Gasteiger partial charge in [-0.05, 0) is 56.1 Å². The first-order valence-electron chi connectivity index (χ1n) is 7.24. The predicted octanol–water partition coefficient (Wildman–Crippen LogP) is 2.63. The Morgan fingerprint density at radius 3 is 3.00 bits per heavy atom. The van der Waals surface area contributed by atoms with Gasteiger partial charge in [-0.3, -0.25) is 0 Å². The maximum absolute atomic E-state index is 5.87. The van der Waals surface area contributed by atoms with E-state index in [9.17, 15) is 0 Å². The van der Waals surface area contributed by atoms with E-state index in [0.29, 0.717) is 12.6 Å². The number of aryl methyl sites for hydroxylation is 2. The smallest absolute Gasteiger partial charge is 0.130 e. The molecule has 2 atom stereocenters. The number of nitrogens with one attached hydrogen (secondary N) is 1. The zero-order chi connectivity index (χ0) is 12.5. The molecule has 0 aromatic carbocycles. The molecule has 0 saturated heterocycles. The van der Waals surface area contributed by atoms with E-state index in [1.807, 2.05) is 0 Å². The molecule has 0 bridgehead atoms. The van der Waals surface area contributed by atoms with Crippen molar-refractivity contribution in [2.45, 2.75) is 58.0 Å². The van der Waals surface area contributed by atoms with E-state index < -0.39 is 0 Å². The van der Waals surface area contributed by atoms with E-state index >= 15 is 0 Å². The molecule has 2 unspecified atom stereocenters. The molecule has 1 fully saturated rings. The zero-order valence-corrected chi connectivity index (χ0v) is 11.2. The highest BCUT2D eigenvalue weighted by atomic mass is 15.0. The van der Waals surface area contributed by atoms with Crippen molar-refractivity contribution in [1.29, 1.82) is 0 Å². The summed E-state index contributed by atoms with van der Waals surface area (Å²) in [4.78, 5) is 4.82. The quantitative estimate of drug-likeness (QED) is 0.860. The van der Waals surface area contributed by atoms with Gasteiger partial charge in [0.25, 0.3) is 0 Å². The Hall–Kier alpha value is -1.09. The van der Waals surface area contributed by atoms with Crippen LogP contribution in [0.2, 0.25) is 0 Å². The zero-order valence-electron chi connectivity index (χ0n) is 11.2. The van der Waals surface area contributed by atoms with Crippen molar-refractivity contribution in [2.75, 3.05) is 5.32 Å². The van der Waals surface area contributed by atoms with Gasteiger partial charge >= 0.3 is 0 Å². The lowest BCUT2D eigenvalue weighted by molar-refractivity contribution is 0.602. The van der Waals surface area contributed by atoms with Gasteiger partial charge in [-0.25, -0.2) is 4.98 Å². The van der Waals surface area contributed by atoms with Crippen LogP contribution in [0.5, 0.6) is 0 Å². The van der Waals surface area contributed by atoms with Crippen LogP contribution in [0.25, 0.3) is 0 Å². The van der Waals surface area contributed by atoms with Crippen LogP contribution in [0.1, 0.15) is 49.4 Å². The van der Waals surface area contributed by atoms with Crippen molar-refractivity contribution in [3.8, 4) is 0 Å². The van der Waals surface area contributed by atoms with Crippen LogP contribution in [0.4, 0.5) is 5.82 Å². The van der Waals surface area contributed by atoms with E-state index in [1.54, 1.807) is 0 Å². The third-order valence-electron chi connectivity index (χ3n) is 4.39. The van der Waals surface area contributed by atoms with Crippen LogP contribution in [-0.2, 0) is 19.4 Å². The Bertz CT molecular complexity index is 442. The Labute approximate surface area is 109 Å². The summed E-state index contributed by atoms with van der Waals surface area (Å²) in [6.45, 7) is 2.92. The largest absolute Gasteiger partial charge is 0.367 e. The molecule has 1 saturated carbocycles. The summed E-state index contributed by atoms with van der Waals surface area (Å²) in [7, 11) is 0. The molecule has 2 aliphatic rings. The van der Waals surface area contributed by atoms with E-state index in [1.165, 1.54) is 48.9 Å². The van der Waals surface area contributed by atoms with Gasteiger partial charge in [0.2, 0.25) is 0 Å². The standard InChI is InChI=1S/C15H23N3/c1-10-5-6-13(7-10)17-15-12(9-16)8-11-3-2-4-14(11)18-15/h8,10,13H,2-7,9,16H2,1H3,(H,17,18). The molecular weight excluding hydrogens is 222 g/mol. The molecule has 18 heavy (non-hydrogen) atoms. The van der Waals surface area contributed by atoms with Gasteiger partial charge in [0.15, 0.2) is 0 Å². The fourth-order valence-corrected chi connectivity index (χ4v) is 3.33. The summed E-state index contributed by atoms with van der Waals surface area (Å²) >= 11 is 0. The van der Waals surface area contributed by atoms with E-state index in [4.69, 9.17) is 10.7 Å². The summed E-state index contributed by atoms with van der Waals surface area (Å²) in [5.74, 6) is 1.90. The first-order chi connectivity index (χ1) is 8.76. The summed E-state index contributed by atoms with van der Waals surface area (Å²) in [6.07, 6.45) is 7.43. The summed E-state index contributed by atoms with van der Waals surface area (Å²) in [6, 6.07) is 2.87. The summed E-state index contributed by atoms with van der Waals surface area (Å²) in [5, 5.41) is 3.63. The number of hydrogen-bond acceptors (Lipinski definition) is 3. The lowest BCUT2D eigenvalue weighted by Crippen LogP contribution is -2.19. The minimum atomic E-state index is 0.588. The molecule has 0 radical (unpaired) electrons. The minimum Gasteiger partial charge on any atom is -0.367 e. The second kappa shape index (κ2) is 4.88. The SMILES string of the molecule is CC1CCC(Nc2nc3c(cc2CN)CCC3)C1. The highest BCUT2D eigenvalue weighted by Crippen LogP contribution is 2.30. The molecule has 2 aliphatic carbocycles. The second-order valence-electron chi connectivity index (χ2n) is 5.92. The van der Waals surface area contributed by atoms with Crippen molar-refractivity contribution in [1.82, 2.24) is 4.98 Å². The first-order valence-corrected chi connectivity index (χ1v) is 7.24. The number of nitrogens with two attached hydrogens (primary N) is 1. The van der Waals surface area contributed by atoms with Crippen molar-refractivity contribution >= 4 is 5.82 Å². The third kappa shape index (κ3) is 2.24. The number of hydrogen-bond donors (Lipinski definition) is 2. The average Bonchev–Trinajstić information content (AvgIpc) is 2.97. The summed E-state index contributed by atoms with van der Waals surface area (Å²) < 4.78 is 0. The molecule has 0 spiro atoms. The van der Waals surface area contributed by atoms with Crippen molar-refractivity contribution in [3.63, 3.8) is 0 Å². The minimum absolute atomic E-state index is 0.588. The number of pyridine rings is 1. The Kier molecular flexibility index (Phi) is 3.25. The van der Waals surface area contributed by atoms with Gasteiger partial charge < -0.3 is 11.1 Å². The molecule has 3 nitrogen and oxygen atoms in total. The predicted molar refractivity (Wildman–Crippen MR) is 74.6 cm³/mol. The van der Waals surface area contributed by atoms with Crippen LogP contribution in [-0.4, -0.2) is 11.0 Å². The first kappa shape index (κ1) is 12.0. The lowest BCUT2D eigenvalue weighted by atomic mass is 10.1. The van der Waals surface area contributed by atoms with Gasteiger partial charge in [-0.15, -0.1) is 0 Å². The van der Waals surface area contributed by atoms with E-state index in [2.05, 4.69) is 18.3 Å². The number of anilines is 1. The highest BCUT2D eigenvalue weighted by Gasteiger charge is 2.23. The van der Waals surface area contributed by atoms with Gasteiger partial charge in [0, 0.05) is 23.8 Å². The molecule has 3 N–H and O–H groups in total. The van der Waals surface area contributed by atoms with Crippen LogP contribution in [0, 0.1) is 5.92 Å². The van der Waals surface area contributed by atoms with Gasteiger partial charge in [-0.2, -0.15) is 0 Å². The molecule has 0 aliphatic heterocycles.